The van der Waals surface area contributed by atoms with Crippen molar-refractivity contribution in [2.75, 3.05) is 14.1 Å². The Morgan fingerprint density at radius 1 is 1.25 bits per heavy atom. The summed E-state index contributed by atoms with van der Waals surface area (Å²) in [5.41, 5.74) is 1.52. The number of nitrogens with zero attached hydrogens (tertiary/aromatic N) is 4. The molecule has 2 aromatic rings. The zero-order chi connectivity index (χ0) is 17.3. The van der Waals surface area contributed by atoms with E-state index in [0.717, 1.165) is 10.0 Å². The van der Waals surface area contributed by atoms with Gasteiger partial charge in [0.25, 0.3) is 10.0 Å². The lowest BCUT2D eigenvalue weighted by atomic mass is 10.2. The molecule has 0 N–H and O–H groups in total. The molecule has 3 rings (SSSR count). The third kappa shape index (κ3) is 3.11. The van der Waals surface area contributed by atoms with E-state index in [-0.39, 0.29) is 4.90 Å². The molecule has 0 unspecified atom stereocenters. The first-order valence-electron chi connectivity index (χ1n) is 7.25. The van der Waals surface area contributed by atoms with Crippen molar-refractivity contribution < 1.29 is 8.42 Å². The molecule has 0 spiro atoms. The van der Waals surface area contributed by atoms with Gasteiger partial charge in [-0.3, -0.25) is 5.01 Å². The van der Waals surface area contributed by atoms with Crippen LogP contribution >= 0.6 is 15.9 Å². The summed E-state index contributed by atoms with van der Waals surface area (Å²) in [5, 5.41) is 6.08. The molecule has 2 heterocycles. The van der Waals surface area contributed by atoms with E-state index in [4.69, 9.17) is 0 Å². The summed E-state index contributed by atoms with van der Waals surface area (Å²) in [4.78, 5) is 2.10. The Balaban J connectivity index is 2.01. The Morgan fingerprint density at radius 2 is 1.96 bits per heavy atom. The number of hydrazone groups is 1. The number of hydrogen-bond donors (Lipinski definition) is 0. The van der Waals surface area contributed by atoms with Crippen LogP contribution in [0.4, 0.5) is 0 Å². The molecular weight excluding hydrogens is 392 g/mol. The van der Waals surface area contributed by atoms with Gasteiger partial charge in [0, 0.05) is 36.5 Å². The highest BCUT2D eigenvalue weighted by atomic mass is 79.9. The van der Waals surface area contributed by atoms with Crippen LogP contribution in [0.25, 0.3) is 6.08 Å². The quantitative estimate of drug-likeness (QED) is 0.576. The van der Waals surface area contributed by atoms with E-state index in [2.05, 4.69) is 21.0 Å². The SMILES string of the molecule is CN(C)C=NN1C=Cc2c(c(Br)cn2S(=O)(=O)c2ccccc2)C1. The van der Waals surface area contributed by atoms with Crippen molar-refractivity contribution >= 4 is 38.4 Å². The number of benzene rings is 1. The van der Waals surface area contributed by atoms with Crippen LogP contribution in [-0.4, -0.2) is 42.7 Å². The van der Waals surface area contributed by atoms with E-state index >= 15 is 0 Å². The van der Waals surface area contributed by atoms with Gasteiger partial charge in [-0.15, -0.1) is 0 Å². The fourth-order valence-corrected chi connectivity index (χ4v) is 4.43. The van der Waals surface area contributed by atoms with Crippen molar-refractivity contribution in [2.45, 2.75) is 11.4 Å². The molecular formula is C16H17BrN4O2S. The van der Waals surface area contributed by atoms with Gasteiger partial charge in [0.15, 0.2) is 0 Å². The van der Waals surface area contributed by atoms with Gasteiger partial charge in [0.2, 0.25) is 0 Å². The molecule has 1 aliphatic heterocycles. The van der Waals surface area contributed by atoms with Crippen molar-refractivity contribution in [1.82, 2.24) is 13.9 Å². The molecule has 126 valence electrons. The summed E-state index contributed by atoms with van der Waals surface area (Å²) >= 11 is 3.47. The van der Waals surface area contributed by atoms with Gasteiger partial charge in [-0.2, -0.15) is 5.10 Å². The van der Waals surface area contributed by atoms with Crippen molar-refractivity contribution in [1.29, 1.82) is 0 Å². The van der Waals surface area contributed by atoms with E-state index in [1.165, 1.54) is 3.97 Å². The van der Waals surface area contributed by atoms with Gasteiger partial charge in [0.05, 0.1) is 17.1 Å². The van der Waals surface area contributed by atoms with Crippen LogP contribution in [0.1, 0.15) is 11.3 Å². The smallest absolute Gasteiger partial charge is 0.268 e. The summed E-state index contributed by atoms with van der Waals surface area (Å²) in [5.74, 6) is 0. The van der Waals surface area contributed by atoms with Gasteiger partial charge in [0.1, 0.15) is 6.34 Å². The van der Waals surface area contributed by atoms with Crippen molar-refractivity contribution in [3.8, 4) is 0 Å². The van der Waals surface area contributed by atoms with Gasteiger partial charge < -0.3 is 4.90 Å². The second-order valence-electron chi connectivity index (χ2n) is 5.56. The minimum atomic E-state index is -3.63. The summed E-state index contributed by atoms with van der Waals surface area (Å²) in [6.07, 6.45) is 6.82. The first-order valence-corrected chi connectivity index (χ1v) is 9.48. The lowest BCUT2D eigenvalue weighted by molar-refractivity contribution is 0.383. The zero-order valence-electron chi connectivity index (χ0n) is 13.3. The maximum Gasteiger partial charge on any atom is 0.268 e. The van der Waals surface area contributed by atoms with Crippen LogP contribution in [0.5, 0.6) is 0 Å². The largest absolute Gasteiger partial charge is 0.367 e. The third-order valence-electron chi connectivity index (χ3n) is 3.52. The van der Waals surface area contributed by atoms with Crippen LogP contribution < -0.4 is 0 Å². The Labute approximate surface area is 149 Å². The molecule has 24 heavy (non-hydrogen) atoms. The molecule has 0 aliphatic carbocycles. The van der Waals surface area contributed by atoms with Crippen molar-refractivity contribution in [2.24, 2.45) is 5.10 Å². The first kappa shape index (κ1) is 16.8. The number of halogens is 1. The van der Waals surface area contributed by atoms with E-state index in [0.29, 0.717) is 12.2 Å². The lowest BCUT2D eigenvalue weighted by Gasteiger charge is -2.20. The van der Waals surface area contributed by atoms with E-state index < -0.39 is 10.0 Å². The standard InChI is InChI=1S/C16H17BrN4O2S/c1-19(2)12-18-20-9-8-16-14(10-20)15(17)11-21(16)24(22,23)13-6-4-3-5-7-13/h3-9,11-12H,10H2,1-2H3. The lowest BCUT2D eigenvalue weighted by Crippen LogP contribution is -2.20. The number of aromatic nitrogens is 1. The van der Waals surface area contributed by atoms with Crippen LogP contribution in [0.2, 0.25) is 0 Å². The van der Waals surface area contributed by atoms with Gasteiger partial charge in [-0.25, -0.2) is 12.4 Å². The Hall–Kier alpha value is -2.06. The predicted molar refractivity (Wildman–Crippen MR) is 97.9 cm³/mol. The van der Waals surface area contributed by atoms with Gasteiger partial charge >= 0.3 is 0 Å². The highest BCUT2D eigenvalue weighted by molar-refractivity contribution is 9.10. The average Bonchev–Trinajstić information content (AvgIpc) is 2.91. The topological polar surface area (TPSA) is 57.9 Å². The fraction of sp³-hybridized carbons (Fsp3) is 0.188. The fourth-order valence-electron chi connectivity index (χ4n) is 2.36. The molecule has 1 aliphatic rings. The third-order valence-corrected chi connectivity index (χ3v) is 5.89. The van der Waals surface area contributed by atoms with E-state index in [1.807, 2.05) is 19.0 Å². The number of rotatable bonds is 4. The second-order valence-corrected chi connectivity index (χ2v) is 8.23. The normalized spacial score (nSPS) is 14.2. The highest BCUT2D eigenvalue weighted by Gasteiger charge is 2.25. The maximum atomic E-state index is 12.9. The predicted octanol–water partition coefficient (Wildman–Crippen LogP) is 2.78. The molecule has 0 atom stereocenters. The summed E-state index contributed by atoms with van der Waals surface area (Å²) in [6, 6.07) is 8.41. The molecule has 0 saturated carbocycles. The minimum absolute atomic E-state index is 0.261. The van der Waals surface area contributed by atoms with Crippen molar-refractivity contribution in [3.63, 3.8) is 0 Å². The molecule has 0 radical (unpaired) electrons. The molecule has 0 amide bonds. The molecule has 0 bridgehead atoms. The first-order chi connectivity index (χ1) is 11.4. The van der Waals surface area contributed by atoms with E-state index in [9.17, 15) is 8.42 Å². The average molecular weight is 409 g/mol. The van der Waals surface area contributed by atoms with Crippen LogP contribution in [0.3, 0.4) is 0 Å². The van der Waals surface area contributed by atoms with Crippen molar-refractivity contribution in [3.05, 3.63) is 58.5 Å². The number of hydrogen-bond acceptors (Lipinski definition) is 4. The molecule has 0 saturated heterocycles. The maximum absolute atomic E-state index is 12.9. The second kappa shape index (κ2) is 6.45. The molecule has 8 heteroatoms. The Bertz CT molecular complexity index is 902. The van der Waals surface area contributed by atoms with E-state index in [1.54, 1.807) is 60.2 Å². The Kier molecular flexibility index (Phi) is 4.51. The molecule has 0 fully saturated rings. The number of fused-ring (bicyclic) bond motifs is 1. The highest BCUT2D eigenvalue weighted by Crippen LogP contribution is 2.32. The molecule has 1 aromatic heterocycles. The van der Waals surface area contributed by atoms with Crippen LogP contribution in [-0.2, 0) is 16.6 Å². The van der Waals surface area contributed by atoms with Gasteiger partial charge in [-0.05, 0) is 34.1 Å². The monoisotopic (exact) mass is 408 g/mol. The minimum Gasteiger partial charge on any atom is -0.367 e. The zero-order valence-corrected chi connectivity index (χ0v) is 15.7. The molecule has 1 aromatic carbocycles. The summed E-state index contributed by atoms with van der Waals surface area (Å²) in [7, 11) is 0.148. The van der Waals surface area contributed by atoms with Gasteiger partial charge in [-0.1, -0.05) is 18.2 Å². The molecule has 6 nitrogen and oxygen atoms in total. The van der Waals surface area contributed by atoms with Crippen LogP contribution in [0.15, 0.2) is 57.2 Å². The Morgan fingerprint density at radius 3 is 2.62 bits per heavy atom. The summed E-state index contributed by atoms with van der Waals surface area (Å²) < 4.78 is 27.8. The van der Waals surface area contributed by atoms with Crippen LogP contribution in [0, 0.1) is 0 Å². The summed E-state index contributed by atoms with van der Waals surface area (Å²) in [6.45, 7) is 0.494.